The zero-order valence-electron chi connectivity index (χ0n) is 17.0. The molecule has 0 atom stereocenters. The van der Waals surface area contributed by atoms with Crippen molar-refractivity contribution in [2.45, 2.75) is 6.42 Å². The lowest BCUT2D eigenvalue weighted by Crippen LogP contribution is -2.35. The molecule has 0 bridgehead atoms. The highest BCUT2D eigenvalue weighted by atomic mass is 32.2. The van der Waals surface area contributed by atoms with E-state index in [0.717, 1.165) is 10.6 Å². The molecule has 10 heteroatoms. The summed E-state index contributed by atoms with van der Waals surface area (Å²) < 4.78 is 5.76. The number of hydrazone groups is 1. The normalized spacial score (nSPS) is 16.6. The van der Waals surface area contributed by atoms with Crippen LogP contribution in [0.5, 0.6) is 0 Å². The molecule has 1 aromatic heterocycles. The summed E-state index contributed by atoms with van der Waals surface area (Å²) in [7, 11) is 0. The largest absolute Gasteiger partial charge is 0.457 e. The van der Waals surface area contributed by atoms with Crippen LogP contribution in [-0.4, -0.2) is 31.9 Å². The fraction of sp³-hybridized carbons (Fsp3) is 0.0435. The van der Waals surface area contributed by atoms with Crippen molar-refractivity contribution in [1.82, 2.24) is 5.01 Å². The van der Waals surface area contributed by atoms with Gasteiger partial charge in [-0.05, 0) is 35.5 Å². The highest BCUT2D eigenvalue weighted by molar-refractivity contribution is 8.26. The van der Waals surface area contributed by atoms with Gasteiger partial charge in [0.15, 0.2) is 5.84 Å². The number of fused-ring (bicyclic) bond motifs is 1. The van der Waals surface area contributed by atoms with E-state index in [2.05, 4.69) is 10.1 Å². The number of nitro groups is 1. The molecular formula is C23H15N5O4S. The average molecular weight is 457 g/mol. The zero-order valence-corrected chi connectivity index (χ0v) is 17.8. The van der Waals surface area contributed by atoms with Crippen molar-refractivity contribution in [2.24, 2.45) is 10.1 Å². The lowest BCUT2D eigenvalue weighted by atomic mass is 10.1. The van der Waals surface area contributed by atoms with E-state index in [-0.39, 0.29) is 17.1 Å². The van der Waals surface area contributed by atoms with Crippen molar-refractivity contribution < 1.29 is 14.1 Å². The fourth-order valence-electron chi connectivity index (χ4n) is 3.37. The van der Waals surface area contributed by atoms with E-state index in [0.29, 0.717) is 28.7 Å². The molecule has 0 radical (unpaired) electrons. The lowest BCUT2D eigenvalue weighted by Gasteiger charge is -2.19. The van der Waals surface area contributed by atoms with Crippen molar-refractivity contribution in [1.29, 1.82) is 5.41 Å². The van der Waals surface area contributed by atoms with Crippen LogP contribution in [0.25, 0.3) is 17.4 Å². The van der Waals surface area contributed by atoms with Crippen LogP contribution in [0.3, 0.4) is 0 Å². The van der Waals surface area contributed by atoms with Gasteiger partial charge in [-0.3, -0.25) is 20.3 Å². The number of hydrogen-bond acceptors (Lipinski definition) is 7. The first-order valence-corrected chi connectivity index (χ1v) is 10.7. The van der Waals surface area contributed by atoms with E-state index in [9.17, 15) is 14.9 Å². The number of amides is 1. The van der Waals surface area contributed by atoms with Gasteiger partial charge in [0.1, 0.15) is 16.6 Å². The van der Waals surface area contributed by atoms with Gasteiger partial charge in [-0.25, -0.2) is 0 Å². The second-order valence-electron chi connectivity index (χ2n) is 7.19. The Hall–Kier alpha value is -4.31. The number of carbonyl (C=O) groups excluding carboxylic acids is 1. The van der Waals surface area contributed by atoms with Crippen LogP contribution in [0.2, 0.25) is 0 Å². The number of non-ortho nitro benzene ring substituents is 1. The molecule has 3 heterocycles. The highest BCUT2D eigenvalue weighted by Gasteiger charge is 2.35. The second-order valence-corrected chi connectivity index (χ2v) is 8.23. The summed E-state index contributed by atoms with van der Waals surface area (Å²) >= 11 is 1.27. The Labute approximate surface area is 191 Å². The third-order valence-corrected chi connectivity index (χ3v) is 5.86. The molecule has 0 unspecified atom stereocenters. The summed E-state index contributed by atoms with van der Waals surface area (Å²) in [6, 6.07) is 19.1. The molecule has 2 aromatic carbocycles. The third-order valence-electron chi connectivity index (χ3n) is 4.95. The van der Waals surface area contributed by atoms with E-state index in [1.165, 1.54) is 35.0 Å². The van der Waals surface area contributed by atoms with Crippen LogP contribution in [0.15, 0.2) is 86.8 Å². The number of hydrogen-bond donors (Lipinski definition) is 1. The fourth-order valence-corrected chi connectivity index (χ4v) is 4.29. The Morgan fingerprint density at radius 3 is 2.73 bits per heavy atom. The minimum atomic E-state index is -0.553. The monoisotopic (exact) mass is 457 g/mol. The molecule has 2 aliphatic rings. The topological polar surface area (TPSA) is 125 Å². The summed E-state index contributed by atoms with van der Waals surface area (Å²) in [5.74, 6) is 0.0880. The van der Waals surface area contributed by atoms with Gasteiger partial charge < -0.3 is 4.42 Å². The summed E-state index contributed by atoms with van der Waals surface area (Å²) in [5, 5.41) is 26.4. The molecule has 0 saturated heterocycles. The summed E-state index contributed by atoms with van der Waals surface area (Å²) in [4.78, 5) is 27.2. The Morgan fingerprint density at radius 1 is 1.12 bits per heavy atom. The number of nitrogens with zero attached hydrogens (tertiary/aromatic N) is 4. The van der Waals surface area contributed by atoms with Crippen LogP contribution in [0.4, 0.5) is 5.69 Å². The molecule has 5 rings (SSSR count). The van der Waals surface area contributed by atoms with Gasteiger partial charge in [0.2, 0.25) is 5.17 Å². The molecular weight excluding hydrogens is 442 g/mol. The van der Waals surface area contributed by atoms with Gasteiger partial charge in [-0.2, -0.15) is 15.1 Å². The highest BCUT2D eigenvalue weighted by Crippen LogP contribution is 2.31. The molecule has 1 amide bonds. The average Bonchev–Trinajstić information content (AvgIpc) is 3.44. The minimum absolute atomic E-state index is 0.0454. The molecule has 3 aromatic rings. The first-order valence-electron chi connectivity index (χ1n) is 9.85. The van der Waals surface area contributed by atoms with Crippen molar-refractivity contribution in [3.05, 3.63) is 93.7 Å². The summed E-state index contributed by atoms with van der Waals surface area (Å²) in [6.07, 6.45) is 2.01. The van der Waals surface area contributed by atoms with E-state index < -0.39 is 10.8 Å². The predicted molar refractivity (Wildman–Crippen MR) is 126 cm³/mol. The molecule has 0 saturated carbocycles. The first kappa shape index (κ1) is 20.6. The quantitative estimate of drug-likeness (QED) is 0.336. The first-order chi connectivity index (χ1) is 16.0. The molecule has 0 aliphatic carbocycles. The Bertz CT molecular complexity index is 1390. The number of aliphatic imine (C=N–C) groups is 1. The van der Waals surface area contributed by atoms with Crippen molar-refractivity contribution >= 4 is 45.5 Å². The van der Waals surface area contributed by atoms with Crippen LogP contribution in [-0.2, 0) is 11.2 Å². The van der Waals surface area contributed by atoms with Gasteiger partial charge in [-0.1, -0.05) is 42.5 Å². The van der Waals surface area contributed by atoms with Gasteiger partial charge in [0, 0.05) is 24.1 Å². The number of carbonyl (C=O) groups is 1. The number of nitro benzene ring substituents is 1. The van der Waals surface area contributed by atoms with E-state index in [1.807, 2.05) is 30.3 Å². The van der Waals surface area contributed by atoms with Crippen molar-refractivity contribution in [2.75, 3.05) is 0 Å². The molecule has 162 valence electrons. The molecule has 0 spiro atoms. The van der Waals surface area contributed by atoms with Gasteiger partial charge in [0.25, 0.3) is 11.6 Å². The van der Waals surface area contributed by atoms with E-state index in [4.69, 9.17) is 9.83 Å². The van der Waals surface area contributed by atoms with Crippen LogP contribution in [0, 0.1) is 15.5 Å². The number of rotatable bonds is 5. The Morgan fingerprint density at radius 2 is 1.94 bits per heavy atom. The van der Waals surface area contributed by atoms with Crippen LogP contribution >= 0.6 is 11.8 Å². The Kier molecular flexibility index (Phi) is 5.19. The maximum Gasteiger partial charge on any atom is 0.283 e. The molecule has 9 nitrogen and oxygen atoms in total. The van der Waals surface area contributed by atoms with Gasteiger partial charge in [0.05, 0.1) is 10.5 Å². The number of furan rings is 1. The lowest BCUT2D eigenvalue weighted by molar-refractivity contribution is -0.384. The minimum Gasteiger partial charge on any atom is -0.457 e. The zero-order chi connectivity index (χ0) is 22.9. The maximum atomic E-state index is 12.6. The molecule has 0 fully saturated rings. The van der Waals surface area contributed by atoms with Crippen LogP contribution < -0.4 is 0 Å². The number of amidine groups is 2. The van der Waals surface area contributed by atoms with Gasteiger partial charge in [-0.15, -0.1) is 0 Å². The summed E-state index contributed by atoms with van der Waals surface area (Å²) in [6.45, 7) is 0. The standard InChI is InChI=1S/C23H15N5O4S/c24-21-18(13-17-9-10-19(32-17)15-7-4-8-16(12-15)28(30)31)22(29)25-23-27(21)26-20(33-23)11-14-5-2-1-3-6-14/h1-10,12-13,24H,11H2/b18-13-,24-21?. The summed E-state index contributed by atoms with van der Waals surface area (Å²) in [5.41, 5.74) is 1.60. The number of nitrogens with one attached hydrogen (secondary N) is 1. The van der Waals surface area contributed by atoms with E-state index >= 15 is 0 Å². The predicted octanol–water partition coefficient (Wildman–Crippen LogP) is 4.72. The SMILES string of the molecule is N=C1/C(=C/c2ccc(-c3cccc([N+](=O)[O-])c3)o2)C(=O)N=C2SC(Cc3ccccc3)=NN12. The van der Waals surface area contributed by atoms with Crippen molar-refractivity contribution in [3.8, 4) is 11.3 Å². The van der Waals surface area contributed by atoms with Gasteiger partial charge >= 0.3 is 0 Å². The van der Waals surface area contributed by atoms with E-state index in [1.54, 1.807) is 24.3 Å². The number of benzene rings is 2. The third kappa shape index (κ3) is 4.11. The maximum absolute atomic E-state index is 12.6. The van der Waals surface area contributed by atoms with Crippen molar-refractivity contribution in [3.63, 3.8) is 0 Å². The second kappa shape index (κ2) is 8.32. The molecule has 2 aliphatic heterocycles. The smallest absolute Gasteiger partial charge is 0.283 e. The molecule has 33 heavy (non-hydrogen) atoms. The van der Waals surface area contributed by atoms with Crippen LogP contribution in [0.1, 0.15) is 11.3 Å². The number of thioether (sulfide) groups is 1. The Balaban J connectivity index is 1.39. The molecule has 1 N–H and O–H groups in total.